The first-order valence-corrected chi connectivity index (χ1v) is 24.1. The predicted octanol–water partition coefficient (Wildman–Crippen LogP) is 9.31. The molecule has 4 atom stereocenters. The van der Waals surface area contributed by atoms with Gasteiger partial charge in [-0.15, -0.1) is 0 Å². The Labute approximate surface area is 256 Å². The molecule has 0 bridgehead atoms. The van der Waals surface area contributed by atoms with Crippen molar-refractivity contribution < 1.29 is 23.1 Å². The van der Waals surface area contributed by atoms with Crippen molar-refractivity contribution in [2.75, 3.05) is 6.61 Å². The highest BCUT2D eigenvalue weighted by Gasteiger charge is 2.44. The molecule has 0 heterocycles. The first-order valence-electron chi connectivity index (χ1n) is 15.3. The Bertz CT molecular complexity index is 940. The van der Waals surface area contributed by atoms with E-state index in [1.165, 1.54) is 0 Å². The molecule has 1 N–H and O–H groups in total. The number of hydrogen-bond donors (Lipinski definition) is 1. The second-order valence-corrected chi connectivity index (χ2v) is 30.4. The molecular weight excluding hydrogens is 561 g/mol. The predicted molar refractivity (Wildman–Crippen MR) is 183 cm³/mol. The van der Waals surface area contributed by atoms with Gasteiger partial charge in [-0.3, -0.25) is 0 Å². The number of hydrogen-bond acceptors (Lipinski definition) is 5. The van der Waals surface area contributed by atoms with E-state index < -0.39 is 37.2 Å². The van der Waals surface area contributed by atoms with Gasteiger partial charge in [-0.05, 0) is 66.9 Å². The topological polar surface area (TPSA) is 57.2 Å². The molecule has 0 aliphatic heterocycles. The van der Waals surface area contributed by atoms with E-state index in [1.54, 1.807) is 0 Å². The fourth-order valence-electron chi connectivity index (χ4n) is 3.52. The maximum Gasteiger partial charge on any atom is 0.193 e. The zero-order valence-electron chi connectivity index (χ0n) is 29.3. The molecule has 1 aromatic rings. The average molecular weight is 625 g/mol. The standard InChI is InChI=1S/C33H64O5Si3/c1-26(36-39(11,12)31(2,3)4)28(37-40(13,14)32(5,6)7)22-23-29(38-41(15,16)33(8,9)10)30(24-34)35-25-27-20-18-17-19-21-27/h17-23,26,28-30,34H,24-25H2,1-16H3/b23-22+/t26-,28-,29-,30-/m0/s1. The van der Waals surface area contributed by atoms with E-state index in [0.717, 1.165) is 5.56 Å². The molecule has 0 aliphatic carbocycles. The van der Waals surface area contributed by atoms with Crippen LogP contribution in [0.1, 0.15) is 74.8 Å². The molecule has 0 aromatic heterocycles. The molecule has 0 saturated carbocycles. The molecular formula is C33H64O5Si3. The molecule has 1 rings (SSSR count). The molecule has 8 heteroatoms. The van der Waals surface area contributed by atoms with Crippen molar-refractivity contribution in [3.63, 3.8) is 0 Å². The minimum atomic E-state index is -2.19. The van der Waals surface area contributed by atoms with Gasteiger partial charge < -0.3 is 23.1 Å². The summed E-state index contributed by atoms with van der Waals surface area (Å²) in [6.07, 6.45) is 2.90. The Morgan fingerprint density at radius 2 is 1.05 bits per heavy atom. The van der Waals surface area contributed by atoms with Gasteiger partial charge >= 0.3 is 0 Å². The third kappa shape index (κ3) is 11.4. The highest BCUT2D eigenvalue weighted by molar-refractivity contribution is 6.75. The van der Waals surface area contributed by atoms with Gasteiger partial charge in [-0.25, -0.2) is 0 Å². The van der Waals surface area contributed by atoms with E-state index in [1.807, 2.05) is 30.3 Å². The lowest BCUT2D eigenvalue weighted by Gasteiger charge is -2.44. The van der Waals surface area contributed by atoms with Crippen LogP contribution in [0.15, 0.2) is 42.5 Å². The highest BCUT2D eigenvalue weighted by atomic mass is 28.4. The lowest BCUT2D eigenvalue weighted by Crippen LogP contribution is -2.51. The Hall–Kier alpha value is -0.589. The largest absolute Gasteiger partial charge is 0.411 e. The van der Waals surface area contributed by atoms with Gasteiger partial charge in [-0.1, -0.05) is 105 Å². The second kappa shape index (κ2) is 14.5. The smallest absolute Gasteiger partial charge is 0.193 e. The Morgan fingerprint density at radius 3 is 1.46 bits per heavy atom. The summed E-state index contributed by atoms with van der Waals surface area (Å²) < 4.78 is 27.1. The van der Waals surface area contributed by atoms with Crippen molar-refractivity contribution in [3.05, 3.63) is 48.0 Å². The average Bonchev–Trinajstić information content (AvgIpc) is 2.79. The Balaban J connectivity index is 3.49. The minimum Gasteiger partial charge on any atom is -0.411 e. The lowest BCUT2D eigenvalue weighted by molar-refractivity contribution is -0.0501. The van der Waals surface area contributed by atoms with Crippen LogP contribution in [-0.2, 0) is 24.6 Å². The van der Waals surface area contributed by atoms with E-state index in [4.69, 9.17) is 18.0 Å². The molecule has 238 valence electrons. The summed E-state index contributed by atoms with van der Waals surface area (Å²) in [7, 11) is -6.36. The molecule has 0 saturated heterocycles. The molecule has 5 nitrogen and oxygen atoms in total. The quantitative estimate of drug-likeness (QED) is 0.165. The third-order valence-corrected chi connectivity index (χ3v) is 23.1. The van der Waals surface area contributed by atoms with Crippen molar-refractivity contribution >= 4 is 25.0 Å². The first-order chi connectivity index (χ1) is 18.3. The van der Waals surface area contributed by atoms with Crippen LogP contribution < -0.4 is 0 Å². The summed E-state index contributed by atoms with van der Waals surface area (Å²) in [5, 5.41) is 10.7. The van der Waals surface area contributed by atoms with E-state index in [-0.39, 0.29) is 33.9 Å². The van der Waals surface area contributed by atoms with Crippen molar-refractivity contribution in [2.45, 2.75) is 155 Å². The van der Waals surface area contributed by atoms with E-state index in [0.29, 0.717) is 6.61 Å². The Kier molecular flexibility index (Phi) is 13.6. The van der Waals surface area contributed by atoms with Gasteiger partial charge in [0.25, 0.3) is 0 Å². The highest BCUT2D eigenvalue weighted by Crippen LogP contribution is 2.41. The Morgan fingerprint density at radius 1 is 0.659 bits per heavy atom. The van der Waals surface area contributed by atoms with E-state index in [2.05, 4.69) is 121 Å². The molecule has 41 heavy (non-hydrogen) atoms. The van der Waals surface area contributed by atoms with Crippen molar-refractivity contribution in [2.24, 2.45) is 0 Å². The van der Waals surface area contributed by atoms with Gasteiger partial charge in [-0.2, -0.15) is 0 Å². The van der Waals surface area contributed by atoms with E-state index >= 15 is 0 Å². The van der Waals surface area contributed by atoms with Crippen LogP contribution in [0.4, 0.5) is 0 Å². The zero-order valence-corrected chi connectivity index (χ0v) is 32.3. The van der Waals surface area contributed by atoms with Crippen LogP contribution in [0.5, 0.6) is 0 Å². The van der Waals surface area contributed by atoms with Crippen LogP contribution in [0.2, 0.25) is 54.4 Å². The maximum atomic E-state index is 10.5. The number of ether oxygens (including phenoxy) is 1. The van der Waals surface area contributed by atoms with Crippen LogP contribution >= 0.6 is 0 Å². The van der Waals surface area contributed by atoms with Crippen molar-refractivity contribution in [1.82, 2.24) is 0 Å². The van der Waals surface area contributed by atoms with Crippen LogP contribution in [-0.4, -0.2) is 61.1 Å². The summed E-state index contributed by atoms with van der Waals surface area (Å²) in [6.45, 7) is 36.4. The fourth-order valence-corrected chi connectivity index (χ4v) is 7.51. The van der Waals surface area contributed by atoms with Crippen molar-refractivity contribution in [1.29, 1.82) is 0 Å². The molecule has 0 spiro atoms. The molecule has 1 aromatic carbocycles. The molecule has 0 amide bonds. The fraction of sp³-hybridized carbons (Fsp3) is 0.758. The summed E-state index contributed by atoms with van der Waals surface area (Å²) in [6, 6.07) is 10.1. The van der Waals surface area contributed by atoms with Gasteiger partial charge in [0.05, 0.1) is 31.5 Å². The second-order valence-electron chi connectivity index (χ2n) is 16.2. The normalized spacial score (nSPS) is 17.5. The molecule has 0 aliphatic rings. The lowest BCUT2D eigenvalue weighted by atomic mass is 10.1. The van der Waals surface area contributed by atoms with Gasteiger partial charge in [0.2, 0.25) is 0 Å². The van der Waals surface area contributed by atoms with Gasteiger partial charge in [0.1, 0.15) is 6.10 Å². The number of aliphatic hydroxyl groups is 1. The molecule has 0 fully saturated rings. The SMILES string of the molecule is C[C@H](O[Si](C)(C)C(C)(C)C)[C@H](/C=C/[C@H](O[Si](C)(C)C(C)(C)C)[C@H](CO)OCc1ccccc1)O[Si](C)(C)C(C)(C)C. The van der Waals surface area contributed by atoms with Crippen molar-refractivity contribution in [3.8, 4) is 0 Å². The zero-order chi connectivity index (χ0) is 32.1. The number of rotatable bonds is 14. The first kappa shape index (κ1) is 38.4. The summed E-state index contributed by atoms with van der Waals surface area (Å²) in [5.74, 6) is 0. The molecule has 0 radical (unpaired) electrons. The molecule has 0 unspecified atom stereocenters. The van der Waals surface area contributed by atoms with Crippen LogP contribution in [0, 0.1) is 0 Å². The summed E-state index contributed by atoms with van der Waals surface area (Å²) >= 11 is 0. The van der Waals surface area contributed by atoms with Gasteiger partial charge in [0.15, 0.2) is 25.0 Å². The third-order valence-electron chi connectivity index (χ3n) is 9.57. The minimum absolute atomic E-state index is 0.00824. The van der Waals surface area contributed by atoms with Gasteiger partial charge in [0, 0.05) is 0 Å². The number of aliphatic hydroxyl groups excluding tert-OH is 1. The monoisotopic (exact) mass is 624 g/mol. The van der Waals surface area contributed by atoms with E-state index in [9.17, 15) is 5.11 Å². The maximum absolute atomic E-state index is 10.5. The van der Waals surface area contributed by atoms with Crippen LogP contribution in [0.25, 0.3) is 0 Å². The van der Waals surface area contributed by atoms with Crippen LogP contribution in [0.3, 0.4) is 0 Å². The summed E-state index contributed by atoms with van der Waals surface area (Å²) in [5.41, 5.74) is 1.07. The summed E-state index contributed by atoms with van der Waals surface area (Å²) in [4.78, 5) is 0. The number of benzene rings is 1.